The van der Waals surface area contributed by atoms with E-state index in [4.69, 9.17) is 16.6 Å². The molecule has 0 radical (unpaired) electrons. The minimum absolute atomic E-state index is 0.0794. The van der Waals surface area contributed by atoms with Crippen molar-refractivity contribution in [1.82, 2.24) is 9.97 Å². The molecule has 112 valence electrons. The van der Waals surface area contributed by atoms with Crippen molar-refractivity contribution in [1.29, 1.82) is 5.26 Å². The number of hydrogen-bond donors (Lipinski definition) is 1. The van der Waals surface area contributed by atoms with E-state index in [1.165, 1.54) is 0 Å². The minimum atomic E-state index is 0.0794. The van der Waals surface area contributed by atoms with Gasteiger partial charge in [-0.05, 0) is 23.5 Å². The summed E-state index contributed by atoms with van der Waals surface area (Å²) in [6.45, 7) is 13.8. The number of aromatic nitrogens is 2. The fraction of sp³-hybridized carbons (Fsp3) is 0.353. The van der Waals surface area contributed by atoms with Gasteiger partial charge in [-0.25, -0.2) is 15.1 Å². The van der Waals surface area contributed by atoms with Crippen molar-refractivity contribution >= 4 is 11.0 Å². The summed E-state index contributed by atoms with van der Waals surface area (Å²) in [5.41, 5.74) is 1.94. The summed E-state index contributed by atoms with van der Waals surface area (Å²) >= 11 is 0. The standard InChI is InChI=1S/C17H18N4O/c1-17(2,3)11-22-14-7-15-12(5-6-13(8-18)19-4)9-20-16(15)21-10-14/h6-7,9-10H,5,11H2,1-3H3,(H,20,21)/b13-6-. The molecule has 5 nitrogen and oxygen atoms in total. The van der Waals surface area contributed by atoms with Gasteiger partial charge < -0.3 is 9.72 Å². The summed E-state index contributed by atoms with van der Waals surface area (Å²) in [5.74, 6) is 0.720. The van der Waals surface area contributed by atoms with Crippen LogP contribution in [0, 0.1) is 23.3 Å². The molecule has 0 amide bonds. The zero-order chi connectivity index (χ0) is 16.2. The highest BCUT2D eigenvalue weighted by molar-refractivity contribution is 5.81. The van der Waals surface area contributed by atoms with Gasteiger partial charge in [-0.15, -0.1) is 0 Å². The molecule has 0 saturated heterocycles. The lowest BCUT2D eigenvalue weighted by Gasteiger charge is -2.18. The molecule has 2 rings (SSSR count). The van der Waals surface area contributed by atoms with Crippen LogP contribution in [-0.4, -0.2) is 16.6 Å². The Morgan fingerprint density at radius 2 is 2.32 bits per heavy atom. The Kier molecular flexibility index (Phi) is 4.48. The van der Waals surface area contributed by atoms with Gasteiger partial charge in [0, 0.05) is 11.6 Å². The molecule has 0 aliphatic heterocycles. The molecule has 0 spiro atoms. The third-order valence-corrected chi connectivity index (χ3v) is 3.01. The smallest absolute Gasteiger partial charge is 0.258 e. The lowest BCUT2D eigenvalue weighted by Crippen LogP contribution is -2.16. The maximum Gasteiger partial charge on any atom is 0.258 e. The van der Waals surface area contributed by atoms with Crippen molar-refractivity contribution in [3.63, 3.8) is 0 Å². The van der Waals surface area contributed by atoms with Crippen molar-refractivity contribution in [3.05, 3.63) is 47.2 Å². The minimum Gasteiger partial charge on any atom is -0.491 e. The summed E-state index contributed by atoms with van der Waals surface area (Å²) in [5, 5.41) is 9.74. The molecule has 0 aliphatic carbocycles. The van der Waals surface area contributed by atoms with Crippen molar-refractivity contribution in [2.24, 2.45) is 5.41 Å². The van der Waals surface area contributed by atoms with Crippen LogP contribution in [0.1, 0.15) is 26.3 Å². The van der Waals surface area contributed by atoms with Gasteiger partial charge in [0.25, 0.3) is 5.70 Å². The van der Waals surface area contributed by atoms with Gasteiger partial charge in [0.05, 0.1) is 25.4 Å². The molecule has 0 saturated carbocycles. The van der Waals surface area contributed by atoms with Crippen LogP contribution in [-0.2, 0) is 6.42 Å². The fourth-order valence-electron chi connectivity index (χ4n) is 1.91. The van der Waals surface area contributed by atoms with Gasteiger partial charge >= 0.3 is 0 Å². The summed E-state index contributed by atoms with van der Waals surface area (Å²) in [7, 11) is 0. The number of rotatable bonds is 4. The van der Waals surface area contributed by atoms with E-state index in [-0.39, 0.29) is 11.1 Å². The number of nitrogens with zero attached hydrogens (tertiary/aromatic N) is 3. The number of pyridine rings is 1. The van der Waals surface area contributed by atoms with E-state index in [9.17, 15) is 0 Å². The molecular weight excluding hydrogens is 276 g/mol. The first kappa shape index (κ1) is 15.6. The molecule has 0 bridgehead atoms. The van der Waals surface area contributed by atoms with E-state index in [0.29, 0.717) is 13.0 Å². The quantitative estimate of drug-likeness (QED) is 0.688. The van der Waals surface area contributed by atoms with E-state index in [1.54, 1.807) is 12.3 Å². The molecule has 2 aromatic heterocycles. The maximum absolute atomic E-state index is 8.79. The molecule has 0 unspecified atom stereocenters. The molecular formula is C17H18N4O. The average Bonchev–Trinajstić information content (AvgIpc) is 2.88. The molecule has 22 heavy (non-hydrogen) atoms. The average molecular weight is 294 g/mol. The van der Waals surface area contributed by atoms with Crippen molar-refractivity contribution in [2.45, 2.75) is 27.2 Å². The normalized spacial score (nSPS) is 12.0. The number of allylic oxidation sites excluding steroid dienone is 2. The number of hydrogen-bond acceptors (Lipinski definition) is 3. The number of H-pyrrole nitrogens is 1. The molecule has 2 heterocycles. The molecule has 1 N–H and O–H groups in total. The fourth-order valence-corrected chi connectivity index (χ4v) is 1.91. The highest BCUT2D eigenvalue weighted by Crippen LogP contribution is 2.24. The maximum atomic E-state index is 8.79. The van der Waals surface area contributed by atoms with E-state index < -0.39 is 0 Å². The van der Waals surface area contributed by atoms with Gasteiger partial charge in [0.1, 0.15) is 11.4 Å². The molecule has 0 aliphatic rings. The van der Waals surface area contributed by atoms with Crippen LogP contribution in [0.25, 0.3) is 15.9 Å². The van der Waals surface area contributed by atoms with Crippen molar-refractivity contribution in [2.75, 3.05) is 6.61 Å². The lowest BCUT2D eigenvalue weighted by molar-refractivity contribution is 0.197. The first-order chi connectivity index (χ1) is 10.4. The van der Waals surface area contributed by atoms with Gasteiger partial charge in [-0.3, -0.25) is 0 Å². The van der Waals surface area contributed by atoms with Gasteiger partial charge in [-0.2, -0.15) is 0 Å². The summed E-state index contributed by atoms with van der Waals surface area (Å²) in [4.78, 5) is 10.6. The van der Waals surface area contributed by atoms with E-state index >= 15 is 0 Å². The monoisotopic (exact) mass is 294 g/mol. The van der Waals surface area contributed by atoms with E-state index in [1.807, 2.05) is 18.3 Å². The topological polar surface area (TPSA) is 66.1 Å². The second-order valence-electron chi connectivity index (χ2n) is 6.25. The van der Waals surface area contributed by atoms with E-state index in [2.05, 4.69) is 35.6 Å². The summed E-state index contributed by atoms with van der Waals surface area (Å²) < 4.78 is 5.78. The predicted molar refractivity (Wildman–Crippen MR) is 85.0 cm³/mol. The van der Waals surface area contributed by atoms with Gasteiger partial charge in [-0.1, -0.05) is 26.8 Å². The molecule has 5 heteroatoms. The Morgan fingerprint density at radius 3 is 2.95 bits per heavy atom. The first-order valence-electron chi connectivity index (χ1n) is 6.99. The number of ether oxygens (including phenoxy) is 1. The van der Waals surface area contributed by atoms with Crippen LogP contribution in [0.2, 0.25) is 0 Å². The number of fused-ring (bicyclic) bond motifs is 1. The number of nitrogens with one attached hydrogen (secondary N) is 1. The van der Waals surface area contributed by atoms with Crippen LogP contribution in [0.5, 0.6) is 5.75 Å². The largest absolute Gasteiger partial charge is 0.491 e. The van der Waals surface area contributed by atoms with Gasteiger partial charge in [0.15, 0.2) is 0 Å². The zero-order valence-corrected chi connectivity index (χ0v) is 13.0. The number of aromatic amines is 1. The Labute approximate surface area is 130 Å². The summed E-state index contributed by atoms with van der Waals surface area (Å²) in [6.07, 6.45) is 5.68. The molecule has 0 atom stereocenters. The highest BCUT2D eigenvalue weighted by Gasteiger charge is 2.12. The van der Waals surface area contributed by atoms with Crippen LogP contribution < -0.4 is 4.74 Å². The van der Waals surface area contributed by atoms with E-state index in [0.717, 1.165) is 22.3 Å². The molecule has 0 fully saturated rings. The Bertz CT molecular complexity index is 766. The third-order valence-electron chi connectivity index (χ3n) is 3.01. The Morgan fingerprint density at radius 1 is 1.55 bits per heavy atom. The first-order valence-corrected chi connectivity index (χ1v) is 6.99. The Balaban J connectivity index is 2.24. The van der Waals surface area contributed by atoms with Crippen molar-refractivity contribution < 1.29 is 4.74 Å². The van der Waals surface area contributed by atoms with Crippen molar-refractivity contribution in [3.8, 4) is 11.8 Å². The Hall–Kier alpha value is -2.79. The second kappa shape index (κ2) is 6.32. The second-order valence-corrected chi connectivity index (χ2v) is 6.25. The van der Waals surface area contributed by atoms with Crippen LogP contribution in [0.4, 0.5) is 0 Å². The summed E-state index contributed by atoms with van der Waals surface area (Å²) in [6, 6.07) is 3.81. The van der Waals surface area contributed by atoms with Crippen LogP contribution in [0.3, 0.4) is 0 Å². The highest BCUT2D eigenvalue weighted by atomic mass is 16.5. The molecule has 0 aromatic carbocycles. The third kappa shape index (κ3) is 3.86. The van der Waals surface area contributed by atoms with Gasteiger partial charge in [0.2, 0.25) is 0 Å². The van der Waals surface area contributed by atoms with Crippen LogP contribution >= 0.6 is 0 Å². The molecule has 2 aromatic rings. The SMILES string of the molecule is [C-]#[N+]/C(C#N)=C\Cc1c[nH]c2ncc(OCC(C)(C)C)cc12. The number of nitriles is 1. The lowest BCUT2D eigenvalue weighted by atomic mass is 9.99. The van der Waals surface area contributed by atoms with Crippen LogP contribution in [0.15, 0.2) is 30.2 Å². The zero-order valence-electron chi connectivity index (χ0n) is 13.0. The predicted octanol–water partition coefficient (Wildman–Crippen LogP) is 3.86.